The molecule has 154 valence electrons. The maximum Gasteiger partial charge on any atom is 0.256 e. The minimum Gasteiger partial charge on any atom is -0.327 e. The first kappa shape index (κ1) is 19.8. The Morgan fingerprint density at radius 1 is 1.13 bits per heavy atom. The molecule has 1 fully saturated rings. The van der Waals surface area contributed by atoms with E-state index < -0.39 is 23.7 Å². The van der Waals surface area contributed by atoms with Crippen molar-refractivity contribution >= 4 is 34.9 Å². The Hall–Kier alpha value is -3.55. The maximum absolute atomic E-state index is 13.9. The van der Waals surface area contributed by atoms with E-state index in [0.717, 1.165) is 6.07 Å². The van der Waals surface area contributed by atoms with Crippen molar-refractivity contribution in [2.45, 2.75) is 25.8 Å². The number of carbonyl (C=O) groups excluding carboxylic acids is 4. The second-order valence-electron chi connectivity index (χ2n) is 7.42. The Labute approximate surface area is 172 Å². The Balaban J connectivity index is 1.61. The topological polar surface area (TPSA) is 86.8 Å². The van der Waals surface area contributed by atoms with Crippen molar-refractivity contribution in [3.05, 3.63) is 59.4 Å². The van der Waals surface area contributed by atoms with Gasteiger partial charge in [0.1, 0.15) is 18.4 Å². The quantitative estimate of drug-likeness (QED) is 0.787. The van der Waals surface area contributed by atoms with Crippen molar-refractivity contribution in [2.75, 3.05) is 23.3 Å². The molecule has 30 heavy (non-hydrogen) atoms. The molecule has 0 spiro atoms. The summed E-state index contributed by atoms with van der Waals surface area (Å²) >= 11 is 0. The van der Waals surface area contributed by atoms with Gasteiger partial charge in [-0.2, -0.15) is 0 Å². The minimum atomic E-state index is -0.657. The average molecular weight is 409 g/mol. The molecule has 0 aliphatic carbocycles. The molecule has 4 rings (SSSR count). The number of anilines is 2. The second kappa shape index (κ2) is 7.70. The van der Waals surface area contributed by atoms with Crippen LogP contribution in [0.1, 0.15) is 40.5 Å². The highest BCUT2D eigenvalue weighted by Gasteiger charge is 2.42. The summed E-state index contributed by atoms with van der Waals surface area (Å²) in [5.41, 5.74) is 1.28. The molecule has 0 bridgehead atoms. The SMILES string of the molecule is CC(=O)c1ccc(NC(=O)CN2C(=O)C3CCCN3C(=O)c3ccc(F)cc32)cc1. The second-order valence-corrected chi connectivity index (χ2v) is 7.42. The fraction of sp³-hybridized carbons (Fsp3) is 0.273. The molecule has 3 amide bonds. The summed E-state index contributed by atoms with van der Waals surface area (Å²) in [4.78, 5) is 52.8. The lowest BCUT2D eigenvalue weighted by Gasteiger charge is -2.25. The van der Waals surface area contributed by atoms with Gasteiger partial charge in [0, 0.05) is 17.8 Å². The van der Waals surface area contributed by atoms with Crippen LogP contribution in [0.25, 0.3) is 0 Å². The van der Waals surface area contributed by atoms with Crippen LogP contribution in [0, 0.1) is 5.82 Å². The molecular formula is C22H20FN3O4. The van der Waals surface area contributed by atoms with Crippen LogP contribution in [0.15, 0.2) is 42.5 Å². The lowest BCUT2D eigenvalue weighted by atomic mass is 10.1. The Kier molecular flexibility index (Phi) is 5.07. The number of halogens is 1. The molecule has 2 aliphatic heterocycles. The Morgan fingerprint density at radius 2 is 1.87 bits per heavy atom. The summed E-state index contributed by atoms with van der Waals surface area (Å²) in [5, 5.41) is 2.68. The molecule has 2 aromatic carbocycles. The zero-order valence-corrected chi connectivity index (χ0v) is 16.4. The number of nitrogens with zero attached hydrogens (tertiary/aromatic N) is 2. The van der Waals surface area contributed by atoms with E-state index in [9.17, 15) is 23.6 Å². The zero-order valence-electron chi connectivity index (χ0n) is 16.4. The minimum absolute atomic E-state index is 0.0903. The summed E-state index contributed by atoms with van der Waals surface area (Å²) in [6, 6.07) is 9.35. The van der Waals surface area contributed by atoms with Crippen molar-refractivity contribution in [1.29, 1.82) is 0 Å². The lowest BCUT2D eigenvalue weighted by molar-refractivity contribution is -0.124. The van der Waals surface area contributed by atoms with E-state index in [2.05, 4.69) is 5.32 Å². The third-order valence-corrected chi connectivity index (χ3v) is 5.42. The molecule has 1 saturated heterocycles. The molecule has 0 aromatic heterocycles. The summed E-state index contributed by atoms with van der Waals surface area (Å²) < 4.78 is 13.9. The van der Waals surface area contributed by atoms with Gasteiger partial charge >= 0.3 is 0 Å². The van der Waals surface area contributed by atoms with E-state index in [1.54, 1.807) is 24.3 Å². The van der Waals surface area contributed by atoms with Gasteiger partial charge in [-0.25, -0.2) is 4.39 Å². The Bertz CT molecular complexity index is 1050. The highest BCUT2D eigenvalue weighted by Crippen LogP contribution is 2.33. The third-order valence-electron chi connectivity index (χ3n) is 5.42. The van der Waals surface area contributed by atoms with Crippen LogP contribution >= 0.6 is 0 Å². The molecule has 8 heteroatoms. The van der Waals surface area contributed by atoms with Gasteiger partial charge in [-0.15, -0.1) is 0 Å². The largest absolute Gasteiger partial charge is 0.327 e. The van der Waals surface area contributed by atoms with E-state index >= 15 is 0 Å². The fourth-order valence-electron chi connectivity index (χ4n) is 3.92. The Morgan fingerprint density at radius 3 is 2.57 bits per heavy atom. The smallest absolute Gasteiger partial charge is 0.256 e. The molecule has 0 radical (unpaired) electrons. The first-order valence-electron chi connectivity index (χ1n) is 9.68. The molecule has 1 N–H and O–H groups in total. The van der Waals surface area contributed by atoms with Gasteiger partial charge in [0.2, 0.25) is 11.8 Å². The highest BCUT2D eigenvalue weighted by atomic mass is 19.1. The van der Waals surface area contributed by atoms with Gasteiger partial charge in [0.15, 0.2) is 5.78 Å². The highest BCUT2D eigenvalue weighted by molar-refractivity contribution is 6.13. The molecular weight excluding hydrogens is 389 g/mol. The molecule has 2 heterocycles. The van der Waals surface area contributed by atoms with Crippen molar-refractivity contribution < 1.29 is 23.6 Å². The van der Waals surface area contributed by atoms with Gasteiger partial charge in [-0.3, -0.25) is 19.2 Å². The number of ketones is 1. The first-order valence-corrected chi connectivity index (χ1v) is 9.68. The maximum atomic E-state index is 13.9. The first-order chi connectivity index (χ1) is 14.3. The van der Waals surface area contributed by atoms with Gasteiger partial charge in [-0.1, -0.05) is 0 Å². The van der Waals surface area contributed by atoms with E-state index in [0.29, 0.717) is 30.6 Å². The summed E-state index contributed by atoms with van der Waals surface area (Å²) in [6.07, 6.45) is 1.20. The third kappa shape index (κ3) is 3.56. The number of carbonyl (C=O) groups is 4. The van der Waals surface area contributed by atoms with Crippen LogP contribution in [0.3, 0.4) is 0 Å². The van der Waals surface area contributed by atoms with Gasteiger partial charge < -0.3 is 15.1 Å². The number of hydrogen-bond acceptors (Lipinski definition) is 4. The van der Waals surface area contributed by atoms with E-state index in [1.165, 1.54) is 28.9 Å². The number of fused-ring (bicyclic) bond motifs is 2. The van der Waals surface area contributed by atoms with Crippen LogP contribution in [0.2, 0.25) is 0 Å². The predicted octanol–water partition coefficient (Wildman–Crippen LogP) is 2.62. The molecule has 0 saturated carbocycles. The van der Waals surface area contributed by atoms with Gasteiger partial charge in [0.05, 0.1) is 11.3 Å². The monoisotopic (exact) mass is 409 g/mol. The molecule has 7 nitrogen and oxygen atoms in total. The standard InChI is InChI=1S/C22H20FN3O4/c1-13(27)14-4-7-16(8-5-14)24-20(28)12-26-19-11-15(23)6-9-17(19)21(29)25-10-2-3-18(25)22(26)30/h4-9,11,18H,2-3,10,12H2,1H3,(H,24,28). The molecule has 2 aliphatic rings. The number of rotatable bonds is 4. The molecule has 1 unspecified atom stereocenters. The number of benzene rings is 2. The van der Waals surface area contributed by atoms with E-state index in [4.69, 9.17) is 0 Å². The summed E-state index contributed by atoms with van der Waals surface area (Å²) in [7, 11) is 0. The summed E-state index contributed by atoms with van der Waals surface area (Å²) in [5.74, 6) is -1.90. The number of amides is 3. The van der Waals surface area contributed by atoms with Crippen molar-refractivity contribution in [3.63, 3.8) is 0 Å². The average Bonchev–Trinajstić information content (AvgIpc) is 3.19. The van der Waals surface area contributed by atoms with Crippen molar-refractivity contribution in [2.24, 2.45) is 0 Å². The van der Waals surface area contributed by atoms with E-state index in [-0.39, 0.29) is 29.5 Å². The zero-order chi connectivity index (χ0) is 21.4. The van der Waals surface area contributed by atoms with Crippen LogP contribution in [-0.4, -0.2) is 47.5 Å². The predicted molar refractivity (Wildman–Crippen MR) is 108 cm³/mol. The van der Waals surface area contributed by atoms with Gasteiger partial charge in [0.25, 0.3) is 5.91 Å². The molecule has 1 atom stereocenters. The normalized spacial score (nSPS) is 18.0. The number of hydrogen-bond donors (Lipinski definition) is 1. The number of Topliss-reactive ketones (excluding diaryl/α,β-unsaturated/α-hetero) is 1. The van der Waals surface area contributed by atoms with Crippen LogP contribution < -0.4 is 10.2 Å². The van der Waals surface area contributed by atoms with Gasteiger partial charge in [-0.05, 0) is 62.2 Å². The van der Waals surface area contributed by atoms with Crippen molar-refractivity contribution in [3.8, 4) is 0 Å². The van der Waals surface area contributed by atoms with Crippen LogP contribution in [0.5, 0.6) is 0 Å². The van der Waals surface area contributed by atoms with Crippen molar-refractivity contribution in [1.82, 2.24) is 4.90 Å². The lowest BCUT2D eigenvalue weighted by Crippen LogP contribution is -2.47. The van der Waals surface area contributed by atoms with E-state index in [1.807, 2.05) is 0 Å². The van der Waals surface area contributed by atoms with Crippen LogP contribution in [-0.2, 0) is 9.59 Å². The molecule has 2 aromatic rings. The summed E-state index contributed by atoms with van der Waals surface area (Å²) in [6.45, 7) is 1.54. The fourth-order valence-corrected chi connectivity index (χ4v) is 3.92. The number of nitrogens with one attached hydrogen (secondary N) is 1. The van der Waals surface area contributed by atoms with Crippen LogP contribution in [0.4, 0.5) is 15.8 Å².